The van der Waals surface area contributed by atoms with E-state index in [1.165, 1.54) is 11.3 Å². The summed E-state index contributed by atoms with van der Waals surface area (Å²) in [6.45, 7) is 3.81. The largest absolute Gasteiger partial charge is 0.345 e. The van der Waals surface area contributed by atoms with Gasteiger partial charge in [-0.2, -0.15) is 0 Å². The molecule has 200 valence electrons. The molecule has 2 atom stereocenters. The maximum Gasteiger partial charge on any atom is 0.282 e. The molecule has 3 aromatic rings. The fourth-order valence-corrected chi connectivity index (χ4v) is 7.34. The fourth-order valence-electron chi connectivity index (χ4n) is 6.80. The summed E-state index contributed by atoms with van der Waals surface area (Å²) >= 11 is 0. The molecule has 38 heavy (non-hydrogen) atoms. The van der Waals surface area contributed by atoms with Crippen molar-refractivity contribution in [2.45, 2.75) is 62.8 Å². The number of fused-ring (bicyclic) bond motifs is 3. The third-order valence-corrected chi connectivity index (χ3v) is 9.95. The number of amides is 1. The van der Waals surface area contributed by atoms with E-state index in [9.17, 15) is 13.2 Å². The molecule has 2 aliphatic heterocycles. The van der Waals surface area contributed by atoms with Gasteiger partial charge in [-0.15, -0.1) is 0 Å². The number of benzene rings is 2. The number of aromatic amines is 1. The first-order valence-electron chi connectivity index (χ1n) is 13.6. The van der Waals surface area contributed by atoms with Gasteiger partial charge in [0.25, 0.3) is 5.91 Å². The fraction of sp³-hybridized carbons (Fsp3) is 0.448. The smallest absolute Gasteiger partial charge is 0.282 e. The number of carbonyl (C=O) groups is 1. The highest BCUT2D eigenvalue weighted by atomic mass is 32.2. The number of nitrogens with one attached hydrogen (secondary N) is 1. The summed E-state index contributed by atoms with van der Waals surface area (Å²) in [6.07, 6.45) is 8.19. The number of allylic oxidation sites excluding steroid dienone is 2. The van der Waals surface area contributed by atoms with Crippen molar-refractivity contribution in [3.63, 3.8) is 0 Å². The first kappa shape index (κ1) is 25.3. The number of H-pyrrole nitrogens is 1. The summed E-state index contributed by atoms with van der Waals surface area (Å²) in [5.41, 5.74) is 7.30. The average Bonchev–Trinajstić information content (AvgIpc) is 3.48. The molecule has 1 fully saturated rings. The first-order valence-corrected chi connectivity index (χ1v) is 15.2. The van der Waals surface area contributed by atoms with Crippen LogP contribution in [0.5, 0.6) is 0 Å². The third kappa shape index (κ3) is 4.17. The number of nitrogens with two attached hydrogens (primary N) is 1. The second kappa shape index (κ2) is 9.32. The van der Waals surface area contributed by atoms with Gasteiger partial charge in [0.05, 0.1) is 29.3 Å². The van der Waals surface area contributed by atoms with Crippen molar-refractivity contribution in [2.75, 3.05) is 20.1 Å². The van der Waals surface area contributed by atoms with Crippen molar-refractivity contribution in [2.24, 2.45) is 11.1 Å². The van der Waals surface area contributed by atoms with Crippen molar-refractivity contribution >= 4 is 38.2 Å². The van der Waals surface area contributed by atoms with Gasteiger partial charge in [-0.1, -0.05) is 13.0 Å². The van der Waals surface area contributed by atoms with Crippen LogP contribution in [-0.4, -0.2) is 55.4 Å². The predicted molar refractivity (Wildman–Crippen MR) is 149 cm³/mol. The number of carbonyl (C=O) groups excluding carboxylic acids is 1. The normalized spacial score (nSPS) is 23.0. The lowest BCUT2D eigenvalue weighted by molar-refractivity contribution is -0.137. The Hall–Kier alpha value is -3.01. The quantitative estimate of drug-likeness (QED) is 0.475. The molecule has 1 amide bonds. The maximum absolute atomic E-state index is 14.5. The minimum absolute atomic E-state index is 0.125. The molecule has 1 saturated heterocycles. The predicted octanol–water partition coefficient (Wildman–Crippen LogP) is 4.32. The number of piperidine rings is 1. The molecule has 3 N–H and O–H groups in total. The molecule has 1 aromatic heterocycles. The van der Waals surface area contributed by atoms with E-state index in [1.54, 1.807) is 18.5 Å². The number of hydrogen-bond acceptors (Lipinski definition) is 4. The standard InChI is InChI=1S/C29H36N5O3S/c1-19-11-13-33(14-12-19)29(35)28(16-20-7-9-24-25(15-20)32-18-31-24)34(2)26-6-4-3-5-22(26)23-17-21(38(30,36)37)8-10-27(23)34/h7-10,15,17-19,28H,3-6,11-14,16H2,1-2H3,(H,31,32)(H2,30,36,37)/q+1. The lowest BCUT2D eigenvalue weighted by Crippen LogP contribution is -2.60. The topological polar surface area (TPSA) is 109 Å². The van der Waals surface area contributed by atoms with Gasteiger partial charge < -0.3 is 9.88 Å². The van der Waals surface area contributed by atoms with Crippen molar-refractivity contribution in [3.8, 4) is 0 Å². The molecule has 0 radical (unpaired) electrons. The third-order valence-electron chi connectivity index (χ3n) is 9.04. The van der Waals surface area contributed by atoms with Gasteiger partial charge in [-0.25, -0.2) is 18.5 Å². The molecule has 2 unspecified atom stereocenters. The number of imidazole rings is 1. The van der Waals surface area contributed by atoms with Crippen LogP contribution in [0.3, 0.4) is 0 Å². The Kier molecular flexibility index (Phi) is 6.20. The van der Waals surface area contributed by atoms with Gasteiger partial charge >= 0.3 is 0 Å². The van der Waals surface area contributed by atoms with E-state index >= 15 is 0 Å². The molecule has 0 saturated carbocycles. The van der Waals surface area contributed by atoms with Gasteiger partial charge in [0, 0.05) is 43.1 Å². The lowest BCUT2D eigenvalue weighted by Gasteiger charge is -2.43. The Morgan fingerprint density at radius 1 is 1.16 bits per heavy atom. The van der Waals surface area contributed by atoms with Crippen LogP contribution in [0.1, 0.15) is 56.6 Å². The van der Waals surface area contributed by atoms with Crippen LogP contribution in [0, 0.1) is 5.92 Å². The molecule has 1 aliphatic carbocycles. The Morgan fingerprint density at radius 2 is 1.92 bits per heavy atom. The molecule has 3 heterocycles. The molecule has 8 nitrogen and oxygen atoms in total. The minimum Gasteiger partial charge on any atom is -0.345 e. The molecule has 2 aromatic carbocycles. The van der Waals surface area contributed by atoms with E-state index < -0.39 is 10.0 Å². The summed E-state index contributed by atoms with van der Waals surface area (Å²) < 4.78 is 24.9. The number of sulfonamides is 1. The number of primary sulfonamides is 1. The van der Waals surface area contributed by atoms with Crippen LogP contribution >= 0.6 is 0 Å². The second-order valence-electron chi connectivity index (χ2n) is 11.4. The highest BCUT2D eigenvalue weighted by Gasteiger charge is 2.52. The number of hydrogen-bond donors (Lipinski definition) is 2. The summed E-state index contributed by atoms with van der Waals surface area (Å²) in [5, 5.41) is 5.52. The molecule has 6 rings (SSSR count). The van der Waals surface area contributed by atoms with Crippen molar-refractivity contribution < 1.29 is 13.2 Å². The number of nitrogens with zero attached hydrogens (tertiary/aromatic N) is 3. The van der Waals surface area contributed by atoms with Crippen LogP contribution < -0.4 is 9.62 Å². The first-order chi connectivity index (χ1) is 18.2. The van der Waals surface area contributed by atoms with Gasteiger partial charge in [0.1, 0.15) is 11.4 Å². The molecular formula is C29H36N5O3S+. The van der Waals surface area contributed by atoms with E-state index in [4.69, 9.17) is 5.14 Å². The zero-order valence-corrected chi connectivity index (χ0v) is 22.9. The zero-order chi connectivity index (χ0) is 26.7. The summed E-state index contributed by atoms with van der Waals surface area (Å²) in [6, 6.07) is 11.0. The number of quaternary nitrogens is 1. The van der Waals surface area contributed by atoms with Crippen molar-refractivity contribution in [1.29, 1.82) is 0 Å². The molecule has 0 spiro atoms. The van der Waals surface area contributed by atoms with Crippen molar-refractivity contribution in [3.05, 3.63) is 59.5 Å². The average molecular weight is 535 g/mol. The molecular weight excluding hydrogens is 498 g/mol. The Labute approximate surface area is 224 Å². The number of likely N-dealkylation sites (N-methyl/N-ethyl adjacent to an activating group) is 1. The summed E-state index contributed by atoms with van der Waals surface area (Å²) in [5.74, 6) is 0.798. The van der Waals surface area contributed by atoms with Gasteiger partial charge in [0.2, 0.25) is 10.0 Å². The molecule has 0 bridgehead atoms. The van der Waals surface area contributed by atoms with Gasteiger partial charge in [-0.3, -0.25) is 9.28 Å². The highest BCUT2D eigenvalue weighted by molar-refractivity contribution is 7.89. The van der Waals surface area contributed by atoms with E-state index in [0.29, 0.717) is 16.8 Å². The van der Waals surface area contributed by atoms with Crippen LogP contribution in [0.4, 0.5) is 5.69 Å². The SMILES string of the molecule is CC1CCN(C(=O)C(Cc2ccc3nc[nH]c3c2)[N+]2(C)C3=C(CCCC3)c3cc(S(N)(=O)=O)ccc32)CC1. The Morgan fingerprint density at radius 3 is 2.68 bits per heavy atom. The Balaban J connectivity index is 1.49. The van der Waals surface area contributed by atoms with E-state index in [-0.39, 0.29) is 16.8 Å². The van der Waals surface area contributed by atoms with Gasteiger partial charge in [0.15, 0.2) is 6.04 Å². The monoisotopic (exact) mass is 534 g/mol. The molecule has 3 aliphatic rings. The van der Waals surface area contributed by atoms with E-state index in [2.05, 4.69) is 41.0 Å². The van der Waals surface area contributed by atoms with E-state index in [1.807, 2.05) is 12.1 Å². The van der Waals surface area contributed by atoms with Crippen LogP contribution in [0.25, 0.3) is 16.6 Å². The second-order valence-corrected chi connectivity index (χ2v) is 13.0. The summed E-state index contributed by atoms with van der Waals surface area (Å²) in [7, 11) is -1.68. The van der Waals surface area contributed by atoms with Gasteiger partial charge in [-0.05, 0) is 67.9 Å². The van der Waals surface area contributed by atoms with Crippen LogP contribution in [0.2, 0.25) is 0 Å². The number of likely N-dealkylation sites (tertiary alicyclic amines) is 1. The van der Waals surface area contributed by atoms with Crippen molar-refractivity contribution in [1.82, 2.24) is 19.4 Å². The minimum atomic E-state index is -3.84. The van der Waals surface area contributed by atoms with E-state index in [0.717, 1.165) is 79.5 Å². The molecule has 9 heteroatoms. The zero-order valence-electron chi connectivity index (χ0n) is 22.1. The number of aromatic nitrogens is 2. The van der Waals surface area contributed by atoms with Crippen LogP contribution in [0.15, 0.2) is 53.3 Å². The lowest BCUT2D eigenvalue weighted by atomic mass is 9.92. The van der Waals surface area contributed by atoms with Crippen LogP contribution in [-0.2, 0) is 21.2 Å². The highest BCUT2D eigenvalue weighted by Crippen LogP contribution is 2.52. The Bertz CT molecular complexity index is 1550. The maximum atomic E-state index is 14.5. The number of rotatable bonds is 5. The summed E-state index contributed by atoms with van der Waals surface area (Å²) in [4.78, 5) is 24.2.